The van der Waals surface area contributed by atoms with Crippen molar-refractivity contribution in [3.05, 3.63) is 51.7 Å². The summed E-state index contributed by atoms with van der Waals surface area (Å²) in [6.45, 7) is 6.18. The zero-order valence-corrected chi connectivity index (χ0v) is 17.9. The second-order valence-electron chi connectivity index (χ2n) is 5.59. The summed E-state index contributed by atoms with van der Waals surface area (Å²) in [5.74, 6) is 0.546. The van der Waals surface area contributed by atoms with E-state index >= 15 is 0 Å². The molecule has 2 aromatic rings. The van der Waals surface area contributed by atoms with Crippen LogP contribution in [0.3, 0.4) is 0 Å². The van der Waals surface area contributed by atoms with Crippen LogP contribution in [0.4, 0.5) is 4.39 Å². The highest BCUT2D eigenvalue weighted by Crippen LogP contribution is 2.11. The first-order valence-electron chi connectivity index (χ1n) is 8.35. The summed E-state index contributed by atoms with van der Waals surface area (Å²) in [4.78, 5) is 8.98. The van der Waals surface area contributed by atoms with Gasteiger partial charge in [-0.15, -0.1) is 35.3 Å². The largest absolute Gasteiger partial charge is 0.357 e. The number of aliphatic imine (C=N–C) groups is 1. The van der Waals surface area contributed by atoms with E-state index in [9.17, 15) is 4.39 Å². The molecule has 0 bridgehead atoms. The summed E-state index contributed by atoms with van der Waals surface area (Å²) in [5, 5.41) is 9.84. The Morgan fingerprint density at radius 3 is 2.80 bits per heavy atom. The third-order valence-corrected chi connectivity index (χ3v) is 4.46. The number of aromatic nitrogens is 1. The second kappa shape index (κ2) is 12.2. The van der Waals surface area contributed by atoms with E-state index in [0.29, 0.717) is 6.54 Å². The average molecular weight is 476 g/mol. The van der Waals surface area contributed by atoms with Crippen molar-refractivity contribution in [3.63, 3.8) is 0 Å². The van der Waals surface area contributed by atoms with E-state index < -0.39 is 0 Å². The van der Waals surface area contributed by atoms with Crippen molar-refractivity contribution < 1.29 is 4.39 Å². The average Bonchev–Trinajstić information content (AvgIpc) is 2.97. The highest BCUT2D eigenvalue weighted by atomic mass is 127. The summed E-state index contributed by atoms with van der Waals surface area (Å²) in [6.07, 6.45) is 3.18. The van der Waals surface area contributed by atoms with Gasteiger partial charge in [-0.25, -0.2) is 14.4 Å². The Balaban J connectivity index is 0.00000312. The van der Waals surface area contributed by atoms with Gasteiger partial charge in [0.1, 0.15) is 5.82 Å². The molecule has 0 spiro atoms. The van der Waals surface area contributed by atoms with Crippen molar-refractivity contribution in [1.29, 1.82) is 0 Å². The number of hydrogen-bond acceptors (Lipinski definition) is 3. The summed E-state index contributed by atoms with van der Waals surface area (Å²) in [6, 6.07) is 6.55. The maximum absolute atomic E-state index is 13.2. The molecule has 0 fully saturated rings. The highest BCUT2D eigenvalue weighted by molar-refractivity contribution is 14.0. The zero-order valence-electron chi connectivity index (χ0n) is 14.7. The summed E-state index contributed by atoms with van der Waals surface area (Å²) in [7, 11) is 0. The van der Waals surface area contributed by atoms with Crippen LogP contribution in [0.15, 0.2) is 34.6 Å². The standard InChI is InChI=1S/C18H25FN4S.HI/c1-3-20-18(22-12-15-7-6-8-16(19)11-15)21-10-5-4-9-17-23-14(2)13-24-17;/h6-8,11,13H,3-5,9-10,12H2,1-2H3,(H2,20,21,22);1H. The monoisotopic (exact) mass is 476 g/mol. The molecule has 25 heavy (non-hydrogen) atoms. The van der Waals surface area contributed by atoms with Gasteiger partial charge < -0.3 is 10.6 Å². The lowest BCUT2D eigenvalue weighted by Crippen LogP contribution is -2.37. The molecule has 2 rings (SSSR count). The van der Waals surface area contributed by atoms with Crippen LogP contribution in [0.1, 0.15) is 36.0 Å². The van der Waals surface area contributed by atoms with Crippen LogP contribution >= 0.6 is 35.3 Å². The molecule has 1 heterocycles. The van der Waals surface area contributed by atoms with E-state index in [1.807, 2.05) is 19.9 Å². The predicted molar refractivity (Wildman–Crippen MR) is 114 cm³/mol. The molecule has 0 unspecified atom stereocenters. The van der Waals surface area contributed by atoms with Gasteiger partial charge in [0.15, 0.2) is 5.96 Å². The molecular weight excluding hydrogens is 450 g/mol. The number of thiazole rings is 1. The smallest absolute Gasteiger partial charge is 0.191 e. The quantitative estimate of drug-likeness (QED) is 0.259. The minimum Gasteiger partial charge on any atom is -0.357 e. The number of nitrogens with zero attached hydrogens (tertiary/aromatic N) is 2. The van der Waals surface area contributed by atoms with Gasteiger partial charge in [0.25, 0.3) is 0 Å². The van der Waals surface area contributed by atoms with Crippen LogP contribution in [0.25, 0.3) is 0 Å². The SMILES string of the molecule is CCNC(=NCc1cccc(F)c1)NCCCCc1nc(C)cs1.I. The minimum absolute atomic E-state index is 0. The topological polar surface area (TPSA) is 49.3 Å². The Bertz CT molecular complexity index is 660. The van der Waals surface area contributed by atoms with Crippen LogP contribution in [0.5, 0.6) is 0 Å². The van der Waals surface area contributed by atoms with Crippen LogP contribution in [0.2, 0.25) is 0 Å². The van der Waals surface area contributed by atoms with Crippen LogP contribution < -0.4 is 10.6 Å². The molecule has 0 aliphatic carbocycles. The molecule has 4 nitrogen and oxygen atoms in total. The van der Waals surface area contributed by atoms with Gasteiger partial charge in [0.2, 0.25) is 0 Å². The van der Waals surface area contributed by atoms with Crippen LogP contribution in [-0.2, 0) is 13.0 Å². The molecule has 0 radical (unpaired) electrons. The molecule has 0 amide bonds. The molecule has 0 atom stereocenters. The Morgan fingerprint density at radius 2 is 2.12 bits per heavy atom. The maximum atomic E-state index is 13.2. The van der Waals surface area contributed by atoms with E-state index in [0.717, 1.165) is 49.6 Å². The first-order valence-corrected chi connectivity index (χ1v) is 9.23. The fourth-order valence-electron chi connectivity index (χ4n) is 2.27. The molecule has 1 aromatic carbocycles. The van der Waals surface area contributed by atoms with E-state index in [1.54, 1.807) is 17.4 Å². The maximum Gasteiger partial charge on any atom is 0.191 e. The lowest BCUT2D eigenvalue weighted by molar-refractivity contribution is 0.625. The lowest BCUT2D eigenvalue weighted by atomic mass is 10.2. The molecule has 0 aliphatic heterocycles. The number of benzene rings is 1. The van der Waals surface area contributed by atoms with Crippen molar-refractivity contribution in [2.75, 3.05) is 13.1 Å². The summed E-state index contributed by atoms with van der Waals surface area (Å²) in [5.41, 5.74) is 1.97. The number of aryl methyl sites for hydroxylation is 2. The fraction of sp³-hybridized carbons (Fsp3) is 0.444. The van der Waals surface area contributed by atoms with Crippen molar-refractivity contribution >= 4 is 41.3 Å². The van der Waals surface area contributed by atoms with Gasteiger partial charge in [0, 0.05) is 24.2 Å². The third-order valence-electron chi connectivity index (χ3n) is 3.43. The normalized spacial score (nSPS) is 11.1. The first-order chi connectivity index (χ1) is 11.7. The number of unbranched alkanes of at least 4 members (excludes halogenated alkanes) is 1. The minimum atomic E-state index is -0.224. The Morgan fingerprint density at radius 1 is 1.28 bits per heavy atom. The van der Waals surface area contributed by atoms with Crippen molar-refractivity contribution in [1.82, 2.24) is 15.6 Å². The number of hydrogen-bond donors (Lipinski definition) is 2. The Labute approximate surface area is 170 Å². The number of guanidine groups is 1. The Hall–Kier alpha value is -1.22. The van der Waals surface area contributed by atoms with E-state index in [4.69, 9.17) is 0 Å². The second-order valence-corrected chi connectivity index (χ2v) is 6.53. The molecule has 0 saturated heterocycles. The molecule has 7 heteroatoms. The van der Waals surface area contributed by atoms with Gasteiger partial charge in [0.05, 0.1) is 11.6 Å². The van der Waals surface area contributed by atoms with Gasteiger partial charge in [-0.1, -0.05) is 12.1 Å². The van der Waals surface area contributed by atoms with E-state index in [-0.39, 0.29) is 29.8 Å². The fourth-order valence-corrected chi connectivity index (χ4v) is 3.09. The van der Waals surface area contributed by atoms with Crippen LogP contribution in [0, 0.1) is 12.7 Å². The molecule has 1 aromatic heterocycles. The number of nitrogens with one attached hydrogen (secondary N) is 2. The van der Waals surface area contributed by atoms with Crippen molar-refractivity contribution in [2.45, 2.75) is 39.7 Å². The molecular formula is C18H26FIN4S. The van der Waals surface area contributed by atoms with Gasteiger partial charge >= 0.3 is 0 Å². The zero-order chi connectivity index (χ0) is 17.2. The Kier molecular flexibility index (Phi) is 10.6. The van der Waals surface area contributed by atoms with Gasteiger partial charge in [-0.3, -0.25) is 0 Å². The van der Waals surface area contributed by atoms with Crippen molar-refractivity contribution in [2.24, 2.45) is 4.99 Å². The van der Waals surface area contributed by atoms with Crippen LogP contribution in [-0.4, -0.2) is 24.0 Å². The molecule has 0 saturated carbocycles. The third kappa shape index (κ3) is 8.62. The first kappa shape index (κ1) is 21.8. The highest BCUT2D eigenvalue weighted by Gasteiger charge is 2.01. The predicted octanol–water partition coefficient (Wildman–Crippen LogP) is 4.29. The lowest BCUT2D eigenvalue weighted by Gasteiger charge is -2.11. The van der Waals surface area contributed by atoms with E-state index in [1.165, 1.54) is 17.1 Å². The summed E-state index contributed by atoms with van der Waals surface area (Å²) >= 11 is 1.73. The van der Waals surface area contributed by atoms with Gasteiger partial charge in [-0.05, 0) is 50.8 Å². The molecule has 0 aliphatic rings. The van der Waals surface area contributed by atoms with Crippen molar-refractivity contribution in [3.8, 4) is 0 Å². The van der Waals surface area contributed by atoms with Gasteiger partial charge in [-0.2, -0.15) is 0 Å². The molecule has 2 N–H and O–H groups in total. The number of rotatable bonds is 8. The number of halogens is 2. The van der Waals surface area contributed by atoms with E-state index in [2.05, 4.69) is 26.0 Å². The molecule has 138 valence electrons. The summed E-state index contributed by atoms with van der Waals surface area (Å²) < 4.78 is 13.2.